The summed E-state index contributed by atoms with van der Waals surface area (Å²) in [5, 5.41) is 33.8. The van der Waals surface area contributed by atoms with Crippen molar-refractivity contribution in [1.82, 2.24) is 4.90 Å². The minimum Gasteiger partial charge on any atom is -0.481 e. The van der Waals surface area contributed by atoms with Gasteiger partial charge in [0.05, 0.1) is 24.2 Å². The maximum Gasteiger partial charge on any atom is 0.336 e. The van der Waals surface area contributed by atoms with E-state index in [1.807, 2.05) is 11.8 Å². The van der Waals surface area contributed by atoms with Crippen molar-refractivity contribution in [2.75, 3.05) is 31.1 Å². The van der Waals surface area contributed by atoms with E-state index in [9.17, 15) is 14.4 Å². The van der Waals surface area contributed by atoms with Gasteiger partial charge in [-0.3, -0.25) is 9.59 Å². The molecule has 0 radical (unpaired) electrons. The van der Waals surface area contributed by atoms with E-state index in [0.29, 0.717) is 5.41 Å². The molecular weight excluding hydrogens is 548 g/mol. The molecule has 6 N–H and O–H groups in total. The number of anilines is 2. The number of carboxylic acid groups (broad SMARTS) is 3. The molecule has 2 aliphatic heterocycles. The number of carbonyl (C=O) groups is 3. The molecule has 2 heterocycles. The van der Waals surface area contributed by atoms with Gasteiger partial charge in [-0.25, -0.2) is 4.79 Å². The Kier molecular flexibility index (Phi) is 10.8. The first-order valence-corrected chi connectivity index (χ1v) is 14.6. The molecule has 3 aliphatic rings. The lowest BCUT2D eigenvalue weighted by Crippen LogP contribution is -2.42. The average Bonchev–Trinajstić information content (AvgIpc) is 3.51. The van der Waals surface area contributed by atoms with Gasteiger partial charge in [0.25, 0.3) is 0 Å². The largest absolute Gasteiger partial charge is 0.481 e. The van der Waals surface area contributed by atoms with E-state index in [-0.39, 0.29) is 5.48 Å². The molecule has 1 spiro atoms. The SMILES string of the molecule is Cc1ccc2c(c1)Sc1ccccc1N2CCCN1CCC2(CCCC2)C1.O.O=C(O)CC(O)(CC(=O)O)C(=O)O. The smallest absolute Gasteiger partial charge is 0.336 e. The van der Waals surface area contributed by atoms with E-state index >= 15 is 0 Å². The topological polar surface area (TPSA) is 170 Å². The normalized spacial score (nSPS) is 17.2. The number of aryl methyl sites for hydroxylation is 1. The van der Waals surface area contributed by atoms with Crippen LogP contribution < -0.4 is 4.90 Å². The van der Waals surface area contributed by atoms with Crippen LogP contribution in [0.3, 0.4) is 0 Å². The lowest BCUT2D eigenvalue weighted by Gasteiger charge is -2.33. The van der Waals surface area contributed by atoms with Gasteiger partial charge in [0.2, 0.25) is 0 Å². The van der Waals surface area contributed by atoms with Gasteiger partial charge in [-0.05, 0) is 80.9 Å². The predicted molar refractivity (Wildman–Crippen MR) is 156 cm³/mol. The highest BCUT2D eigenvalue weighted by atomic mass is 32.2. The molecule has 5 rings (SSSR count). The average molecular weight is 589 g/mol. The fourth-order valence-corrected chi connectivity index (χ4v) is 7.29. The van der Waals surface area contributed by atoms with Gasteiger partial charge in [-0.2, -0.15) is 0 Å². The molecule has 1 saturated carbocycles. The summed E-state index contributed by atoms with van der Waals surface area (Å²) in [5.74, 6) is -5.02. The van der Waals surface area contributed by atoms with Crippen molar-refractivity contribution in [3.63, 3.8) is 0 Å². The third kappa shape index (κ3) is 8.00. The first kappa shape index (κ1) is 32.4. The van der Waals surface area contributed by atoms with E-state index < -0.39 is 36.4 Å². The van der Waals surface area contributed by atoms with Crippen molar-refractivity contribution in [3.8, 4) is 0 Å². The highest BCUT2D eigenvalue weighted by Crippen LogP contribution is 2.48. The summed E-state index contributed by atoms with van der Waals surface area (Å²) >= 11 is 1.92. The Morgan fingerprint density at radius 1 is 0.902 bits per heavy atom. The number of benzene rings is 2. The third-order valence-corrected chi connectivity index (χ3v) is 9.22. The maximum atomic E-state index is 10.3. The van der Waals surface area contributed by atoms with Crippen LogP contribution in [0.15, 0.2) is 52.3 Å². The Labute approximate surface area is 244 Å². The second-order valence-corrected chi connectivity index (χ2v) is 12.3. The van der Waals surface area contributed by atoms with Crippen LogP contribution >= 0.6 is 11.8 Å². The highest BCUT2D eigenvalue weighted by molar-refractivity contribution is 7.99. The van der Waals surface area contributed by atoms with Crippen LogP contribution in [0, 0.1) is 12.3 Å². The van der Waals surface area contributed by atoms with Crippen molar-refractivity contribution in [1.29, 1.82) is 0 Å². The number of rotatable bonds is 9. The molecule has 0 bridgehead atoms. The standard InChI is InChI=1S/C24H30N2S.C6H8O7.H2O/c1-19-9-10-21-23(17-19)27-22-8-3-2-7-20(22)26(21)15-6-14-25-16-13-24(18-25)11-4-5-12-24;7-3(8)1-6(13,5(11)12)2-4(9)10;/h2-3,7-10,17H,4-6,11-16,18H2,1H3;13H,1-2H2,(H,7,8)(H,9,10)(H,11,12);1H2. The minimum atomic E-state index is -2.74. The van der Waals surface area contributed by atoms with Crippen molar-refractivity contribution < 1.29 is 40.3 Å². The molecular formula is C30H40N2O8S. The number of hydrogen-bond donors (Lipinski definition) is 4. The molecule has 1 aliphatic carbocycles. The number of nitrogens with zero attached hydrogens (tertiary/aromatic N) is 2. The van der Waals surface area contributed by atoms with Gasteiger partial charge in [0.1, 0.15) is 0 Å². The molecule has 2 aromatic rings. The molecule has 1 saturated heterocycles. The molecule has 2 aromatic carbocycles. The van der Waals surface area contributed by atoms with Gasteiger partial charge in [0, 0.05) is 22.9 Å². The van der Waals surface area contributed by atoms with Crippen molar-refractivity contribution in [2.24, 2.45) is 5.41 Å². The van der Waals surface area contributed by atoms with Crippen LogP contribution in [-0.4, -0.2) is 80.5 Å². The number of aliphatic carboxylic acids is 3. The summed E-state index contributed by atoms with van der Waals surface area (Å²) in [6.07, 6.45) is 6.28. The van der Waals surface area contributed by atoms with Gasteiger partial charge in [-0.15, -0.1) is 0 Å². The van der Waals surface area contributed by atoms with Crippen LogP contribution in [0.2, 0.25) is 0 Å². The summed E-state index contributed by atoms with van der Waals surface area (Å²) in [7, 11) is 0. The number of hydrogen-bond acceptors (Lipinski definition) is 7. The van der Waals surface area contributed by atoms with Crippen molar-refractivity contribution in [2.45, 2.75) is 73.7 Å². The Bertz CT molecular complexity index is 1230. The molecule has 0 unspecified atom stereocenters. The highest BCUT2D eigenvalue weighted by Gasteiger charge is 2.41. The Morgan fingerprint density at radius 2 is 1.54 bits per heavy atom. The van der Waals surface area contributed by atoms with Crippen LogP contribution in [0.25, 0.3) is 0 Å². The molecule has 11 heteroatoms. The predicted octanol–water partition coefficient (Wildman–Crippen LogP) is 4.18. The Hall–Kier alpha value is -3.12. The van der Waals surface area contributed by atoms with Crippen molar-refractivity contribution in [3.05, 3.63) is 48.0 Å². The van der Waals surface area contributed by atoms with E-state index in [4.69, 9.17) is 20.4 Å². The number of likely N-dealkylation sites (tertiary alicyclic amines) is 1. The zero-order valence-corrected chi connectivity index (χ0v) is 24.2. The zero-order chi connectivity index (χ0) is 28.9. The summed E-state index contributed by atoms with van der Waals surface area (Å²) in [6, 6.07) is 15.8. The van der Waals surface area contributed by atoms with E-state index in [2.05, 4.69) is 59.2 Å². The van der Waals surface area contributed by atoms with Crippen molar-refractivity contribution >= 4 is 41.0 Å². The first-order chi connectivity index (χ1) is 19.0. The first-order valence-electron chi connectivity index (χ1n) is 13.8. The zero-order valence-electron chi connectivity index (χ0n) is 23.3. The lowest BCUT2D eigenvalue weighted by atomic mass is 9.86. The van der Waals surface area contributed by atoms with E-state index in [1.54, 1.807) is 0 Å². The van der Waals surface area contributed by atoms with Crippen LogP contribution in [0.5, 0.6) is 0 Å². The molecule has 41 heavy (non-hydrogen) atoms. The maximum absolute atomic E-state index is 10.3. The number of fused-ring (bicyclic) bond motifs is 2. The van der Waals surface area contributed by atoms with Crippen LogP contribution in [0.4, 0.5) is 11.4 Å². The summed E-state index contributed by atoms with van der Waals surface area (Å²) in [4.78, 5) is 38.6. The number of carboxylic acids is 3. The second kappa shape index (κ2) is 13.7. The lowest BCUT2D eigenvalue weighted by molar-refractivity contribution is -0.170. The van der Waals surface area contributed by atoms with Gasteiger partial charge in [-0.1, -0.05) is 42.8 Å². The molecule has 0 atom stereocenters. The number of aliphatic hydroxyl groups is 1. The molecule has 224 valence electrons. The van der Waals surface area contributed by atoms with Gasteiger partial charge >= 0.3 is 17.9 Å². The summed E-state index contributed by atoms with van der Waals surface area (Å²) in [5.41, 5.74) is 2.07. The summed E-state index contributed by atoms with van der Waals surface area (Å²) < 4.78 is 0. The fourth-order valence-electron chi connectivity index (χ4n) is 6.10. The molecule has 0 amide bonds. The van der Waals surface area contributed by atoms with Crippen LogP contribution in [-0.2, 0) is 14.4 Å². The molecule has 10 nitrogen and oxygen atoms in total. The van der Waals surface area contributed by atoms with Crippen LogP contribution in [0.1, 0.15) is 56.9 Å². The molecule has 2 fully saturated rings. The second-order valence-electron chi connectivity index (χ2n) is 11.3. The monoisotopic (exact) mass is 588 g/mol. The summed E-state index contributed by atoms with van der Waals surface area (Å²) in [6.45, 7) is 7.22. The molecule has 0 aromatic heterocycles. The quantitative estimate of drug-likeness (QED) is 0.333. The number of para-hydroxylation sites is 1. The minimum absolute atomic E-state index is 0. The van der Waals surface area contributed by atoms with E-state index in [1.165, 1.54) is 84.9 Å². The van der Waals surface area contributed by atoms with Gasteiger partial charge in [0.15, 0.2) is 5.60 Å². The Morgan fingerprint density at radius 3 is 2.17 bits per heavy atom. The Balaban J connectivity index is 0.000000284. The fraction of sp³-hybridized carbons (Fsp3) is 0.500. The third-order valence-electron chi connectivity index (χ3n) is 8.11. The van der Waals surface area contributed by atoms with E-state index in [0.717, 1.165) is 6.54 Å². The van der Waals surface area contributed by atoms with Gasteiger partial charge < -0.3 is 35.7 Å².